The average molecular weight is 421 g/mol. The Balaban J connectivity index is 1.58. The Kier molecular flexibility index (Phi) is 6.62. The Hall–Kier alpha value is -2.05. The highest BCUT2D eigenvalue weighted by Crippen LogP contribution is 2.29. The van der Waals surface area contributed by atoms with Gasteiger partial charge in [0.15, 0.2) is 0 Å². The summed E-state index contributed by atoms with van der Waals surface area (Å²) < 4.78 is 25.6. The molecule has 28 heavy (non-hydrogen) atoms. The molecule has 0 heterocycles. The molecule has 3 rings (SSSR count). The summed E-state index contributed by atoms with van der Waals surface area (Å²) in [6.45, 7) is 0.230. The monoisotopic (exact) mass is 420 g/mol. The zero-order valence-corrected chi connectivity index (χ0v) is 17.5. The maximum Gasteiger partial charge on any atom is 0.232 e. The first-order valence-electron chi connectivity index (χ1n) is 9.45. The van der Waals surface area contributed by atoms with Crippen molar-refractivity contribution in [1.29, 1.82) is 0 Å². The van der Waals surface area contributed by atoms with Crippen molar-refractivity contribution in [2.24, 2.45) is 0 Å². The molecular formula is C21H25ClN2O3S. The molecule has 0 fully saturated rings. The number of fused-ring (bicyclic) bond motifs is 1. The second kappa shape index (κ2) is 8.97. The van der Waals surface area contributed by atoms with Gasteiger partial charge in [-0.25, -0.2) is 8.42 Å². The highest BCUT2D eigenvalue weighted by atomic mass is 35.5. The maximum atomic E-state index is 12.4. The van der Waals surface area contributed by atoms with Crippen molar-refractivity contribution in [3.63, 3.8) is 0 Å². The lowest BCUT2D eigenvalue weighted by Gasteiger charge is -2.26. The Morgan fingerprint density at radius 3 is 2.75 bits per heavy atom. The summed E-state index contributed by atoms with van der Waals surface area (Å²) in [4.78, 5) is 12.4. The second-order valence-corrected chi connectivity index (χ2v) is 9.47. The fourth-order valence-corrected chi connectivity index (χ4v) is 4.81. The van der Waals surface area contributed by atoms with E-state index in [0.717, 1.165) is 25.5 Å². The third-order valence-corrected chi connectivity index (χ3v) is 6.40. The van der Waals surface area contributed by atoms with Crippen LogP contribution in [0.15, 0.2) is 48.5 Å². The smallest absolute Gasteiger partial charge is 0.232 e. The van der Waals surface area contributed by atoms with Crippen LogP contribution >= 0.6 is 11.6 Å². The standard InChI is InChI=1S/C21H25ClN2O3S/c1-28(26,27)24(18-10-5-9-17(22)15-18)14-6-13-21(25)23-20-12-4-8-16-7-2-3-11-19(16)20/h2-3,5,7,9-11,15,20H,4,6,8,12-14H2,1H3,(H,23,25)/t20-/m0/s1. The summed E-state index contributed by atoms with van der Waals surface area (Å²) in [6.07, 6.45) is 4.89. The van der Waals surface area contributed by atoms with E-state index < -0.39 is 10.0 Å². The molecule has 1 atom stereocenters. The van der Waals surface area contributed by atoms with Gasteiger partial charge in [-0.05, 0) is 55.0 Å². The van der Waals surface area contributed by atoms with Crippen molar-refractivity contribution in [1.82, 2.24) is 5.32 Å². The molecule has 2 aromatic carbocycles. The van der Waals surface area contributed by atoms with Crippen LogP contribution in [0.3, 0.4) is 0 Å². The number of carbonyl (C=O) groups is 1. The number of halogens is 1. The van der Waals surface area contributed by atoms with Crippen LogP contribution in [0.2, 0.25) is 5.02 Å². The minimum absolute atomic E-state index is 0.0383. The molecule has 1 aliphatic carbocycles. The molecule has 0 saturated carbocycles. The summed E-state index contributed by atoms with van der Waals surface area (Å²) in [7, 11) is -3.46. The molecular weight excluding hydrogens is 396 g/mol. The van der Waals surface area contributed by atoms with E-state index in [1.165, 1.54) is 15.4 Å². The van der Waals surface area contributed by atoms with Gasteiger partial charge in [-0.15, -0.1) is 0 Å². The fraction of sp³-hybridized carbons (Fsp3) is 0.381. The van der Waals surface area contributed by atoms with Gasteiger partial charge in [0.2, 0.25) is 15.9 Å². The first-order valence-corrected chi connectivity index (χ1v) is 11.7. The first kappa shape index (κ1) is 20.7. The quantitative estimate of drug-likeness (QED) is 0.733. The molecule has 5 nitrogen and oxygen atoms in total. The number of benzene rings is 2. The lowest BCUT2D eigenvalue weighted by Crippen LogP contribution is -2.33. The number of nitrogens with one attached hydrogen (secondary N) is 1. The number of rotatable bonds is 7. The van der Waals surface area contributed by atoms with Gasteiger partial charge in [-0.1, -0.05) is 41.9 Å². The molecule has 1 amide bonds. The van der Waals surface area contributed by atoms with E-state index in [9.17, 15) is 13.2 Å². The Bertz CT molecular complexity index is 946. The van der Waals surface area contributed by atoms with Crippen LogP contribution in [0.1, 0.15) is 42.9 Å². The number of aryl methyl sites for hydroxylation is 1. The number of hydrogen-bond acceptors (Lipinski definition) is 3. The predicted octanol–water partition coefficient (Wildman–Crippen LogP) is 4.08. The van der Waals surface area contributed by atoms with E-state index >= 15 is 0 Å². The van der Waals surface area contributed by atoms with Crippen molar-refractivity contribution < 1.29 is 13.2 Å². The summed E-state index contributed by atoms with van der Waals surface area (Å²) in [5.41, 5.74) is 3.00. The molecule has 0 saturated heterocycles. The molecule has 150 valence electrons. The number of hydrogen-bond donors (Lipinski definition) is 1. The third kappa shape index (κ3) is 5.26. The fourth-order valence-electron chi connectivity index (χ4n) is 3.67. The van der Waals surface area contributed by atoms with Gasteiger partial charge in [-0.3, -0.25) is 9.10 Å². The van der Waals surface area contributed by atoms with E-state index in [1.54, 1.807) is 24.3 Å². The Morgan fingerprint density at radius 1 is 1.21 bits per heavy atom. The maximum absolute atomic E-state index is 12.4. The topological polar surface area (TPSA) is 66.5 Å². The number of amides is 1. The SMILES string of the molecule is CS(=O)(=O)N(CCCC(=O)N[C@H]1CCCc2ccccc21)c1cccc(Cl)c1. The number of anilines is 1. The zero-order chi connectivity index (χ0) is 20.1. The van der Waals surface area contributed by atoms with Crippen LogP contribution in [0.4, 0.5) is 5.69 Å². The lowest BCUT2D eigenvalue weighted by atomic mass is 9.87. The average Bonchev–Trinajstić information content (AvgIpc) is 2.64. The number of nitrogens with zero attached hydrogens (tertiary/aromatic N) is 1. The highest BCUT2D eigenvalue weighted by Gasteiger charge is 2.22. The summed E-state index contributed by atoms with van der Waals surface area (Å²) in [5, 5.41) is 3.58. The van der Waals surface area contributed by atoms with E-state index in [2.05, 4.69) is 17.4 Å². The zero-order valence-electron chi connectivity index (χ0n) is 15.9. The molecule has 0 unspecified atom stereocenters. The van der Waals surface area contributed by atoms with Crippen molar-refractivity contribution in [3.05, 3.63) is 64.7 Å². The van der Waals surface area contributed by atoms with Crippen LogP contribution in [-0.4, -0.2) is 27.1 Å². The van der Waals surface area contributed by atoms with Crippen molar-refractivity contribution >= 4 is 33.2 Å². The summed E-state index contributed by atoms with van der Waals surface area (Å²) in [6, 6.07) is 15.0. The van der Waals surface area contributed by atoms with Crippen LogP contribution < -0.4 is 9.62 Å². The van der Waals surface area contributed by atoms with E-state index in [0.29, 0.717) is 17.1 Å². The van der Waals surface area contributed by atoms with Crippen molar-refractivity contribution in [2.75, 3.05) is 17.1 Å². The first-order chi connectivity index (χ1) is 13.3. The van der Waals surface area contributed by atoms with Gasteiger partial charge in [0, 0.05) is 18.0 Å². The van der Waals surface area contributed by atoms with Gasteiger partial charge in [0.05, 0.1) is 18.0 Å². The molecule has 1 N–H and O–H groups in total. The molecule has 0 bridgehead atoms. The van der Waals surface area contributed by atoms with Gasteiger partial charge in [0.1, 0.15) is 0 Å². The minimum atomic E-state index is -3.46. The summed E-state index contributed by atoms with van der Waals surface area (Å²) >= 11 is 5.99. The van der Waals surface area contributed by atoms with Crippen LogP contribution in [0, 0.1) is 0 Å². The van der Waals surface area contributed by atoms with E-state index in [1.807, 2.05) is 12.1 Å². The lowest BCUT2D eigenvalue weighted by molar-refractivity contribution is -0.122. The third-order valence-electron chi connectivity index (χ3n) is 4.97. The van der Waals surface area contributed by atoms with Crippen LogP contribution in [-0.2, 0) is 21.2 Å². The normalized spacial score (nSPS) is 16.3. The van der Waals surface area contributed by atoms with E-state index in [4.69, 9.17) is 11.6 Å². The second-order valence-electron chi connectivity index (χ2n) is 7.13. The Labute approximate surface area is 171 Å². The number of sulfonamides is 1. The van der Waals surface area contributed by atoms with Crippen molar-refractivity contribution in [2.45, 2.75) is 38.1 Å². The highest BCUT2D eigenvalue weighted by molar-refractivity contribution is 7.92. The van der Waals surface area contributed by atoms with Gasteiger partial charge in [-0.2, -0.15) is 0 Å². The van der Waals surface area contributed by atoms with Gasteiger partial charge < -0.3 is 5.32 Å². The minimum Gasteiger partial charge on any atom is -0.349 e. The molecule has 1 aliphatic rings. The van der Waals surface area contributed by atoms with E-state index in [-0.39, 0.29) is 24.9 Å². The van der Waals surface area contributed by atoms with Crippen LogP contribution in [0.5, 0.6) is 0 Å². The molecule has 0 spiro atoms. The molecule has 0 aromatic heterocycles. The predicted molar refractivity (Wildman–Crippen MR) is 113 cm³/mol. The van der Waals surface area contributed by atoms with Gasteiger partial charge >= 0.3 is 0 Å². The molecule has 7 heteroatoms. The Morgan fingerprint density at radius 2 is 2.00 bits per heavy atom. The summed E-state index contributed by atoms with van der Waals surface area (Å²) in [5.74, 6) is -0.0544. The van der Waals surface area contributed by atoms with Gasteiger partial charge in [0.25, 0.3) is 0 Å². The van der Waals surface area contributed by atoms with Crippen LogP contribution in [0.25, 0.3) is 0 Å². The molecule has 0 aliphatic heterocycles. The van der Waals surface area contributed by atoms with Crippen molar-refractivity contribution in [3.8, 4) is 0 Å². The molecule has 2 aromatic rings. The largest absolute Gasteiger partial charge is 0.349 e. The molecule has 0 radical (unpaired) electrons. The number of carbonyl (C=O) groups excluding carboxylic acids is 1.